The average molecular weight is 305 g/mol. The molecule has 21 heavy (non-hydrogen) atoms. The number of aromatic amines is 1. The minimum atomic E-state index is -0.350. The van der Waals surface area contributed by atoms with Crippen LogP contribution in [-0.2, 0) is 0 Å². The molecular formula is C14H13ClN4O2. The van der Waals surface area contributed by atoms with Crippen molar-refractivity contribution < 1.29 is 5.11 Å². The van der Waals surface area contributed by atoms with Gasteiger partial charge in [-0.05, 0) is 37.5 Å². The first kappa shape index (κ1) is 12.8. The molecule has 1 aromatic carbocycles. The van der Waals surface area contributed by atoms with E-state index in [9.17, 15) is 9.90 Å². The van der Waals surface area contributed by atoms with E-state index in [0.717, 1.165) is 11.8 Å². The van der Waals surface area contributed by atoms with Gasteiger partial charge >= 0.3 is 5.69 Å². The predicted octanol–water partition coefficient (Wildman–Crippen LogP) is 2.01. The molecule has 2 heterocycles. The largest absolute Gasteiger partial charge is 0.393 e. The van der Waals surface area contributed by atoms with Crippen LogP contribution >= 0.6 is 11.6 Å². The summed E-state index contributed by atoms with van der Waals surface area (Å²) in [6.07, 6.45) is 1.72. The standard InChI is InChI=1S/C14H13ClN4O2/c15-7-1-4-11-10(5-7)12-13(18-17-11)16-14(21)19(12)8-2-3-9(20)6-8/h1,4-5,8-9,20H,2-3,6H2,(H,16,18,21)/t8-,9-/m0/s1. The molecule has 1 aliphatic carbocycles. The number of rotatable bonds is 1. The van der Waals surface area contributed by atoms with E-state index in [1.807, 2.05) is 0 Å². The van der Waals surface area contributed by atoms with Gasteiger partial charge in [0.15, 0.2) is 5.65 Å². The van der Waals surface area contributed by atoms with E-state index in [-0.39, 0.29) is 17.8 Å². The zero-order valence-corrected chi connectivity index (χ0v) is 11.8. The van der Waals surface area contributed by atoms with Crippen molar-refractivity contribution in [3.8, 4) is 0 Å². The number of aromatic nitrogens is 4. The molecule has 1 aliphatic rings. The van der Waals surface area contributed by atoms with Crippen LogP contribution < -0.4 is 5.69 Å². The fourth-order valence-electron chi connectivity index (χ4n) is 3.17. The van der Waals surface area contributed by atoms with Crippen LogP contribution in [0.2, 0.25) is 5.02 Å². The zero-order chi connectivity index (χ0) is 14.6. The monoisotopic (exact) mass is 304 g/mol. The normalized spacial score (nSPS) is 22.4. The van der Waals surface area contributed by atoms with Gasteiger partial charge in [-0.1, -0.05) is 11.6 Å². The summed E-state index contributed by atoms with van der Waals surface area (Å²) in [6.45, 7) is 0. The Labute approximate surface area is 124 Å². The quantitative estimate of drug-likeness (QED) is 0.720. The molecule has 0 spiro atoms. The van der Waals surface area contributed by atoms with Crippen LogP contribution in [0, 0.1) is 0 Å². The Bertz CT molecular complexity index is 901. The first-order valence-corrected chi connectivity index (χ1v) is 7.25. The summed E-state index contributed by atoms with van der Waals surface area (Å²) in [4.78, 5) is 15.0. The number of benzene rings is 1. The molecule has 1 fully saturated rings. The van der Waals surface area contributed by atoms with Crippen molar-refractivity contribution in [2.75, 3.05) is 0 Å². The van der Waals surface area contributed by atoms with Gasteiger partial charge < -0.3 is 5.11 Å². The molecule has 1 saturated carbocycles. The maximum Gasteiger partial charge on any atom is 0.327 e. The second-order valence-electron chi connectivity index (χ2n) is 5.48. The van der Waals surface area contributed by atoms with Crippen LogP contribution in [0.25, 0.3) is 22.1 Å². The van der Waals surface area contributed by atoms with Crippen molar-refractivity contribution in [3.63, 3.8) is 0 Å². The Morgan fingerprint density at radius 3 is 2.95 bits per heavy atom. The van der Waals surface area contributed by atoms with Gasteiger partial charge in [-0.25, -0.2) is 4.79 Å². The Morgan fingerprint density at radius 1 is 1.33 bits per heavy atom. The van der Waals surface area contributed by atoms with Gasteiger partial charge in [0, 0.05) is 16.5 Å². The van der Waals surface area contributed by atoms with Crippen LogP contribution in [0.4, 0.5) is 0 Å². The minimum absolute atomic E-state index is 0.0207. The van der Waals surface area contributed by atoms with E-state index in [4.69, 9.17) is 11.6 Å². The number of aliphatic hydroxyl groups excluding tert-OH is 1. The number of aliphatic hydroxyl groups is 1. The van der Waals surface area contributed by atoms with E-state index in [1.165, 1.54) is 0 Å². The molecule has 2 N–H and O–H groups in total. The molecule has 2 atom stereocenters. The SMILES string of the molecule is O=c1[nH]c2nnc3ccc(Cl)cc3c2n1[C@H]1CC[C@H](O)C1. The summed E-state index contributed by atoms with van der Waals surface area (Å²) >= 11 is 6.08. The fraction of sp³-hybridized carbons (Fsp3) is 0.357. The maximum absolute atomic E-state index is 12.3. The third-order valence-corrected chi connectivity index (χ3v) is 4.36. The van der Waals surface area contributed by atoms with Crippen LogP contribution in [-0.4, -0.2) is 31.0 Å². The lowest BCUT2D eigenvalue weighted by Gasteiger charge is -2.12. The highest BCUT2D eigenvalue weighted by atomic mass is 35.5. The summed E-state index contributed by atoms with van der Waals surface area (Å²) < 4.78 is 1.69. The van der Waals surface area contributed by atoms with Gasteiger partial charge in [-0.2, -0.15) is 0 Å². The maximum atomic E-state index is 12.3. The molecule has 0 unspecified atom stereocenters. The summed E-state index contributed by atoms with van der Waals surface area (Å²) in [5.74, 6) is 0. The van der Waals surface area contributed by atoms with Crippen molar-refractivity contribution in [2.24, 2.45) is 0 Å². The number of hydrogen-bond acceptors (Lipinski definition) is 4. The molecule has 4 rings (SSSR count). The lowest BCUT2D eigenvalue weighted by Crippen LogP contribution is -2.21. The van der Waals surface area contributed by atoms with E-state index < -0.39 is 0 Å². The lowest BCUT2D eigenvalue weighted by atomic mass is 10.2. The number of imidazole rings is 1. The van der Waals surface area contributed by atoms with Gasteiger partial charge in [0.05, 0.1) is 11.6 Å². The van der Waals surface area contributed by atoms with Gasteiger partial charge in [0.25, 0.3) is 0 Å². The smallest absolute Gasteiger partial charge is 0.327 e. The van der Waals surface area contributed by atoms with Crippen LogP contribution in [0.5, 0.6) is 0 Å². The van der Waals surface area contributed by atoms with Crippen molar-refractivity contribution >= 4 is 33.7 Å². The Kier molecular flexibility index (Phi) is 2.77. The molecule has 108 valence electrons. The number of nitrogens with zero attached hydrogens (tertiary/aromatic N) is 3. The zero-order valence-electron chi connectivity index (χ0n) is 11.1. The van der Waals surface area contributed by atoms with Gasteiger partial charge in [-0.15, -0.1) is 10.2 Å². The third-order valence-electron chi connectivity index (χ3n) is 4.12. The molecule has 6 nitrogen and oxygen atoms in total. The highest BCUT2D eigenvalue weighted by Crippen LogP contribution is 2.33. The molecule has 0 aliphatic heterocycles. The second-order valence-corrected chi connectivity index (χ2v) is 5.92. The van der Waals surface area contributed by atoms with E-state index in [1.54, 1.807) is 22.8 Å². The van der Waals surface area contributed by atoms with Crippen LogP contribution in [0.15, 0.2) is 23.0 Å². The summed E-state index contributed by atoms with van der Waals surface area (Å²) in [6, 6.07) is 5.31. The van der Waals surface area contributed by atoms with E-state index in [0.29, 0.717) is 34.5 Å². The first-order valence-electron chi connectivity index (χ1n) is 6.87. The first-order chi connectivity index (χ1) is 10.1. The third kappa shape index (κ3) is 1.94. The Balaban J connectivity index is 2.07. The van der Waals surface area contributed by atoms with Gasteiger partial charge in [0.1, 0.15) is 5.52 Å². The fourth-order valence-corrected chi connectivity index (χ4v) is 3.34. The Morgan fingerprint density at radius 2 is 2.19 bits per heavy atom. The van der Waals surface area contributed by atoms with Crippen LogP contribution in [0.3, 0.4) is 0 Å². The summed E-state index contributed by atoms with van der Waals surface area (Å²) in [5.41, 5.74) is 1.65. The summed E-state index contributed by atoms with van der Waals surface area (Å²) in [7, 11) is 0. The molecular weight excluding hydrogens is 292 g/mol. The second kappa shape index (κ2) is 4.54. The minimum Gasteiger partial charge on any atom is -0.393 e. The number of H-pyrrole nitrogens is 1. The predicted molar refractivity (Wildman–Crippen MR) is 79.6 cm³/mol. The van der Waals surface area contributed by atoms with Gasteiger partial charge in [-0.3, -0.25) is 9.55 Å². The highest BCUT2D eigenvalue weighted by Gasteiger charge is 2.28. The van der Waals surface area contributed by atoms with E-state index >= 15 is 0 Å². The number of hydrogen-bond donors (Lipinski definition) is 2. The van der Waals surface area contributed by atoms with Crippen molar-refractivity contribution in [2.45, 2.75) is 31.4 Å². The summed E-state index contributed by atoms with van der Waals surface area (Å²) in [5, 5.41) is 19.3. The molecule has 0 amide bonds. The average Bonchev–Trinajstić information content (AvgIpc) is 3.01. The van der Waals surface area contributed by atoms with Gasteiger partial charge in [0.2, 0.25) is 0 Å². The van der Waals surface area contributed by atoms with Crippen molar-refractivity contribution in [1.29, 1.82) is 0 Å². The lowest BCUT2D eigenvalue weighted by molar-refractivity contribution is 0.178. The van der Waals surface area contributed by atoms with Crippen molar-refractivity contribution in [3.05, 3.63) is 33.7 Å². The Hall–Kier alpha value is -1.92. The molecule has 0 bridgehead atoms. The highest BCUT2D eigenvalue weighted by molar-refractivity contribution is 6.31. The molecule has 3 aromatic rings. The molecule has 0 radical (unpaired) electrons. The molecule has 0 saturated heterocycles. The number of fused-ring (bicyclic) bond motifs is 3. The molecule has 7 heteroatoms. The van der Waals surface area contributed by atoms with Crippen LogP contribution in [0.1, 0.15) is 25.3 Å². The van der Waals surface area contributed by atoms with E-state index in [2.05, 4.69) is 15.2 Å². The topological polar surface area (TPSA) is 83.8 Å². The number of halogens is 1. The molecule has 2 aromatic heterocycles. The van der Waals surface area contributed by atoms with Crippen molar-refractivity contribution in [1.82, 2.24) is 19.7 Å². The number of nitrogens with one attached hydrogen (secondary N) is 1.